The van der Waals surface area contributed by atoms with Crippen molar-refractivity contribution in [2.45, 2.75) is 44.2 Å². The first-order valence-electron chi connectivity index (χ1n) is 9.63. The summed E-state index contributed by atoms with van der Waals surface area (Å²) < 4.78 is 11.1. The van der Waals surface area contributed by atoms with Crippen molar-refractivity contribution in [2.24, 2.45) is 0 Å². The summed E-state index contributed by atoms with van der Waals surface area (Å²) in [7, 11) is 3.57. The highest BCUT2D eigenvalue weighted by Crippen LogP contribution is 2.52. The van der Waals surface area contributed by atoms with E-state index in [4.69, 9.17) is 9.47 Å². The van der Waals surface area contributed by atoms with Crippen molar-refractivity contribution in [1.82, 2.24) is 4.90 Å². The first-order valence-corrected chi connectivity index (χ1v) is 9.63. The molecule has 1 unspecified atom stereocenters. The Bertz CT molecular complexity index is 760. The van der Waals surface area contributed by atoms with Crippen molar-refractivity contribution >= 4 is 0 Å². The summed E-state index contributed by atoms with van der Waals surface area (Å²) in [4.78, 5) is 2.58. The maximum Gasteiger partial charge on any atom is 0.118 e. The fraction of sp³-hybridized carbons (Fsp3) is 0.478. The van der Waals surface area contributed by atoms with Crippen molar-refractivity contribution < 1.29 is 9.47 Å². The Morgan fingerprint density at radius 3 is 2.42 bits per heavy atom. The third-order valence-corrected chi connectivity index (χ3v) is 6.36. The van der Waals surface area contributed by atoms with Gasteiger partial charge in [-0.05, 0) is 68.1 Å². The van der Waals surface area contributed by atoms with Crippen LogP contribution in [-0.2, 0) is 16.7 Å². The van der Waals surface area contributed by atoms with Crippen LogP contribution in [-0.4, -0.2) is 32.2 Å². The Hall–Kier alpha value is -1.84. The van der Waals surface area contributed by atoms with Gasteiger partial charge >= 0.3 is 0 Å². The average molecular weight is 351 g/mol. The molecule has 1 atom stereocenters. The summed E-state index contributed by atoms with van der Waals surface area (Å²) in [6.45, 7) is 5.50. The van der Waals surface area contributed by atoms with E-state index in [9.17, 15) is 0 Å². The van der Waals surface area contributed by atoms with Crippen molar-refractivity contribution in [1.29, 1.82) is 0 Å². The highest BCUT2D eigenvalue weighted by molar-refractivity contribution is 5.44. The Balaban J connectivity index is 1.46. The standard InChI is InChI=1S/C23H29NO2/c1-17-4-9-21-20(14-17)22(26-3)15-23(21)10-12-24(13-11-23)16-18-5-7-19(25-2)8-6-18/h4-9,14,22H,10-13,15-16H2,1-3H3. The fourth-order valence-electron chi connectivity index (χ4n) is 4.82. The van der Waals surface area contributed by atoms with Crippen molar-refractivity contribution in [2.75, 3.05) is 27.3 Å². The molecule has 0 amide bonds. The molecule has 0 saturated carbocycles. The first kappa shape index (κ1) is 17.6. The number of piperidine rings is 1. The molecule has 1 aliphatic heterocycles. The Morgan fingerprint density at radius 2 is 1.77 bits per heavy atom. The summed E-state index contributed by atoms with van der Waals surface area (Å²) in [6.07, 6.45) is 3.84. The molecular weight excluding hydrogens is 322 g/mol. The smallest absolute Gasteiger partial charge is 0.118 e. The number of aryl methyl sites for hydroxylation is 1. The summed E-state index contributed by atoms with van der Waals surface area (Å²) >= 11 is 0. The number of fused-ring (bicyclic) bond motifs is 2. The molecule has 1 fully saturated rings. The second-order valence-electron chi connectivity index (χ2n) is 7.92. The average Bonchev–Trinajstić information content (AvgIpc) is 2.97. The minimum absolute atomic E-state index is 0.262. The minimum atomic E-state index is 0.262. The topological polar surface area (TPSA) is 21.7 Å². The maximum atomic E-state index is 5.84. The minimum Gasteiger partial charge on any atom is -0.497 e. The molecule has 1 spiro atoms. The number of likely N-dealkylation sites (tertiary alicyclic amines) is 1. The lowest BCUT2D eigenvalue weighted by Gasteiger charge is -2.40. The lowest BCUT2D eigenvalue weighted by molar-refractivity contribution is 0.0687. The molecule has 0 N–H and O–H groups in total. The molecule has 4 rings (SSSR count). The van der Waals surface area contributed by atoms with Crippen LogP contribution in [0.5, 0.6) is 5.75 Å². The first-order chi connectivity index (χ1) is 12.6. The van der Waals surface area contributed by atoms with Crippen LogP contribution in [0.1, 0.15) is 47.6 Å². The number of hydrogen-bond acceptors (Lipinski definition) is 3. The molecule has 1 saturated heterocycles. The molecular formula is C23H29NO2. The highest BCUT2D eigenvalue weighted by atomic mass is 16.5. The summed E-state index contributed by atoms with van der Waals surface area (Å²) in [5.41, 5.74) is 5.97. The number of benzene rings is 2. The van der Waals surface area contributed by atoms with Gasteiger partial charge in [-0.3, -0.25) is 4.90 Å². The number of rotatable bonds is 4. The van der Waals surface area contributed by atoms with Gasteiger partial charge in [0, 0.05) is 19.1 Å². The van der Waals surface area contributed by atoms with E-state index < -0.39 is 0 Å². The van der Waals surface area contributed by atoms with Gasteiger partial charge in [0.25, 0.3) is 0 Å². The Morgan fingerprint density at radius 1 is 1.04 bits per heavy atom. The molecule has 1 aliphatic carbocycles. The van der Waals surface area contributed by atoms with Crippen molar-refractivity contribution in [3.63, 3.8) is 0 Å². The van der Waals surface area contributed by atoms with Crippen LogP contribution in [0.15, 0.2) is 42.5 Å². The summed E-state index contributed by atoms with van der Waals surface area (Å²) in [5.74, 6) is 0.926. The van der Waals surface area contributed by atoms with E-state index in [0.29, 0.717) is 5.41 Å². The van der Waals surface area contributed by atoms with Gasteiger partial charge in [-0.15, -0.1) is 0 Å². The second kappa shape index (κ2) is 7.05. The van der Waals surface area contributed by atoms with Gasteiger partial charge in [-0.25, -0.2) is 0 Å². The van der Waals surface area contributed by atoms with E-state index in [1.807, 2.05) is 7.11 Å². The van der Waals surface area contributed by atoms with Crippen LogP contribution >= 0.6 is 0 Å². The number of methoxy groups -OCH3 is 2. The molecule has 3 nitrogen and oxygen atoms in total. The Kier molecular flexibility index (Phi) is 4.76. The van der Waals surface area contributed by atoms with E-state index in [1.54, 1.807) is 12.7 Å². The maximum absolute atomic E-state index is 5.84. The molecule has 0 radical (unpaired) electrons. The molecule has 2 aromatic carbocycles. The molecule has 26 heavy (non-hydrogen) atoms. The number of ether oxygens (including phenoxy) is 2. The summed E-state index contributed by atoms with van der Waals surface area (Å²) in [6, 6.07) is 15.4. The van der Waals surface area contributed by atoms with Gasteiger partial charge < -0.3 is 9.47 Å². The fourth-order valence-corrected chi connectivity index (χ4v) is 4.82. The number of nitrogens with zero attached hydrogens (tertiary/aromatic N) is 1. The van der Waals surface area contributed by atoms with Crippen LogP contribution in [0, 0.1) is 6.92 Å². The monoisotopic (exact) mass is 351 g/mol. The largest absolute Gasteiger partial charge is 0.497 e. The van der Waals surface area contributed by atoms with E-state index >= 15 is 0 Å². The molecule has 0 aromatic heterocycles. The van der Waals surface area contributed by atoms with Crippen LogP contribution in [0.3, 0.4) is 0 Å². The van der Waals surface area contributed by atoms with Gasteiger partial charge in [0.05, 0.1) is 13.2 Å². The van der Waals surface area contributed by atoms with Crippen LogP contribution in [0.4, 0.5) is 0 Å². The van der Waals surface area contributed by atoms with E-state index in [0.717, 1.165) is 31.8 Å². The summed E-state index contributed by atoms with van der Waals surface area (Å²) in [5, 5.41) is 0. The van der Waals surface area contributed by atoms with Crippen molar-refractivity contribution in [3.8, 4) is 5.75 Å². The predicted molar refractivity (Wildman–Crippen MR) is 105 cm³/mol. The van der Waals surface area contributed by atoms with Crippen LogP contribution in [0.25, 0.3) is 0 Å². The third kappa shape index (κ3) is 3.15. The quantitative estimate of drug-likeness (QED) is 0.802. The number of hydrogen-bond donors (Lipinski definition) is 0. The zero-order chi connectivity index (χ0) is 18.1. The molecule has 2 aromatic rings. The molecule has 2 aliphatic rings. The van der Waals surface area contributed by atoms with E-state index in [2.05, 4.69) is 54.3 Å². The third-order valence-electron chi connectivity index (χ3n) is 6.36. The van der Waals surface area contributed by atoms with Gasteiger partial charge in [0.2, 0.25) is 0 Å². The zero-order valence-electron chi connectivity index (χ0n) is 16.1. The van der Waals surface area contributed by atoms with Gasteiger partial charge in [-0.1, -0.05) is 35.9 Å². The van der Waals surface area contributed by atoms with Crippen LogP contribution < -0.4 is 4.74 Å². The predicted octanol–water partition coefficient (Wildman–Crippen LogP) is 4.63. The molecule has 3 heteroatoms. The molecule has 138 valence electrons. The van der Waals surface area contributed by atoms with Crippen molar-refractivity contribution in [3.05, 3.63) is 64.7 Å². The SMILES string of the molecule is COc1ccc(CN2CCC3(CC2)CC(OC)c2cc(C)ccc23)cc1. The molecule has 0 bridgehead atoms. The zero-order valence-corrected chi connectivity index (χ0v) is 16.1. The molecule has 1 heterocycles. The lowest BCUT2D eigenvalue weighted by Crippen LogP contribution is -2.41. The van der Waals surface area contributed by atoms with Gasteiger partial charge in [0.15, 0.2) is 0 Å². The van der Waals surface area contributed by atoms with E-state index in [-0.39, 0.29) is 6.10 Å². The Labute approximate surface area is 156 Å². The normalized spacial score (nSPS) is 21.7. The lowest BCUT2D eigenvalue weighted by atomic mass is 9.73. The van der Waals surface area contributed by atoms with Gasteiger partial charge in [-0.2, -0.15) is 0 Å². The highest BCUT2D eigenvalue weighted by Gasteiger charge is 2.45. The second-order valence-corrected chi connectivity index (χ2v) is 7.92. The van der Waals surface area contributed by atoms with E-state index in [1.165, 1.54) is 29.5 Å². The van der Waals surface area contributed by atoms with Gasteiger partial charge in [0.1, 0.15) is 5.75 Å². The van der Waals surface area contributed by atoms with Crippen LogP contribution in [0.2, 0.25) is 0 Å².